The molecule has 0 radical (unpaired) electrons. The number of rotatable bonds is 0. The third-order valence-corrected chi connectivity index (χ3v) is 1.51. The van der Waals surface area contributed by atoms with Crippen LogP contribution in [0.3, 0.4) is 0 Å². The molecule has 2 nitrogen and oxygen atoms in total. The van der Waals surface area contributed by atoms with Crippen molar-refractivity contribution in [2.75, 3.05) is 0 Å². The van der Waals surface area contributed by atoms with Crippen LogP contribution in [0.2, 0.25) is 0 Å². The third kappa shape index (κ3) is 1.75. The van der Waals surface area contributed by atoms with Gasteiger partial charge in [-0.3, -0.25) is 9.47 Å². The van der Waals surface area contributed by atoms with Gasteiger partial charge in [-0.2, -0.15) is 26.3 Å². The Morgan fingerprint density at radius 1 is 0.733 bits per heavy atom. The van der Waals surface area contributed by atoms with Crippen LogP contribution in [0, 0.1) is 0 Å². The van der Waals surface area contributed by atoms with Crippen molar-refractivity contribution in [1.82, 2.24) is 0 Å². The molecule has 1 heterocycles. The van der Waals surface area contributed by atoms with Crippen molar-refractivity contribution in [2.24, 2.45) is 0 Å². The number of hydrogen-bond acceptors (Lipinski definition) is 2. The molecular formula is C5H2F8O2. The Morgan fingerprint density at radius 2 is 1.00 bits per heavy atom. The number of ether oxygens (including phenoxy) is 2. The summed E-state index contributed by atoms with van der Waals surface area (Å²) >= 11 is 0. The van der Waals surface area contributed by atoms with Crippen LogP contribution in [0.5, 0.6) is 0 Å². The monoisotopic (exact) mass is 246 g/mol. The maximum absolute atomic E-state index is 12.2. The highest BCUT2D eigenvalue weighted by molar-refractivity contribution is 4.91. The van der Waals surface area contributed by atoms with Gasteiger partial charge in [0, 0.05) is 0 Å². The molecule has 0 amide bonds. The minimum Gasteiger partial charge on any atom is -0.295 e. The van der Waals surface area contributed by atoms with Gasteiger partial charge in [-0.15, -0.1) is 0 Å². The highest BCUT2D eigenvalue weighted by Gasteiger charge is 2.79. The molecule has 0 aliphatic carbocycles. The van der Waals surface area contributed by atoms with Gasteiger partial charge in [0.1, 0.15) is 0 Å². The van der Waals surface area contributed by atoms with Gasteiger partial charge in [0.2, 0.25) is 0 Å². The molecule has 1 aliphatic rings. The number of hydrogen-bond donors (Lipinski definition) is 0. The zero-order valence-electron chi connectivity index (χ0n) is 6.49. The van der Waals surface area contributed by atoms with Gasteiger partial charge in [0.15, 0.2) is 0 Å². The van der Waals surface area contributed by atoms with E-state index in [1.165, 1.54) is 0 Å². The van der Waals surface area contributed by atoms with Crippen LogP contribution in [-0.4, -0.2) is 30.9 Å². The lowest BCUT2D eigenvalue weighted by atomic mass is 10.2. The Balaban J connectivity index is 3.12. The first-order valence-electron chi connectivity index (χ1n) is 3.28. The quantitative estimate of drug-likeness (QED) is 0.611. The first-order chi connectivity index (χ1) is 6.51. The number of alkyl halides is 8. The van der Waals surface area contributed by atoms with Gasteiger partial charge < -0.3 is 0 Å². The molecule has 0 spiro atoms. The molecule has 2 atom stereocenters. The van der Waals surface area contributed by atoms with Crippen molar-refractivity contribution >= 4 is 0 Å². The van der Waals surface area contributed by atoms with E-state index in [-0.39, 0.29) is 0 Å². The summed E-state index contributed by atoms with van der Waals surface area (Å²) in [5.41, 5.74) is 0. The normalized spacial score (nSPS) is 32.0. The van der Waals surface area contributed by atoms with E-state index in [1.54, 1.807) is 0 Å². The van der Waals surface area contributed by atoms with Crippen LogP contribution >= 0.6 is 0 Å². The second kappa shape index (κ2) is 3.17. The van der Waals surface area contributed by atoms with Crippen LogP contribution in [0.4, 0.5) is 35.1 Å². The molecule has 15 heavy (non-hydrogen) atoms. The Hall–Kier alpha value is -0.640. The van der Waals surface area contributed by atoms with E-state index in [4.69, 9.17) is 0 Å². The average Bonchev–Trinajstić information content (AvgIpc) is 2.26. The van der Waals surface area contributed by atoms with Gasteiger partial charge in [-0.1, -0.05) is 0 Å². The van der Waals surface area contributed by atoms with Gasteiger partial charge in [0.25, 0.3) is 12.7 Å². The van der Waals surface area contributed by atoms with Crippen LogP contribution in [-0.2, 0) is 9.47 Å². The predicted octanol–water partition coefficient (Wildman–Crippen LogP) is 2.45. The maximum Gasteiger partial charge on any atom is 0.453 e. The molecule has 0 aromatic rings. The Labute approximate surface area is 76.7 Å². The minimum absolute atomic E-state index is 2.88. The highest BCUT2D eigenvalue weighted by atomic mass is 19.4. The van der Waals surface area contributed by atoms with Crippen molar-refractivity contribution in [3.63, 3.8) is 0 Å². The summed E-state index contributed by atoms with van der Waals surface area (Å²) in [4.78, 5) is 0. The molecule has 0 bridgehead atoms. The van der Waals surface area contributed by atoms with Gasteiger partial charge >= 0.3 is 18.1 Å². The van der Waals surface area contributed by atoms with E-state index in [0.29, 0.717) is 0 Å². The van der Waals surface area contributed by atoms with Gasteiger partial charge in [-0.25, -0.2) is 8.78 Å². The molecule has 0 aromatic heterocycles. The van der Waals surface area contributed by atoms with E-state index in [0.717, 1.165) is 0 Å². The molecule has 90 valence electrons. The lowest BCUT2D eigenvalue weighted by molar-refractivity contribution is -0.450. The topological polar surface area (TPSA) is 18.5 Å². The molecule has 1 fully saturated rings. The standard InChI is InChI=1S/C5H2F8O2/c6-1-2(7)15-3(14-1,4(8,9)10)5(11,12)13/h1-2H/t1-,2-/m1/s1. The summed E-state index contributed by atoms with van der Waals surface area (Å²) in [6, 6.07) is 0. The molecule has 1 saturated heterocycles. The highest BCUT2D eigenvalue weighted by Crippen LogP contribution is 2.51. The summed E-state index contributed by atoms with van der Waals surface area (Å²) in [6.07, 6.45) is -19.1. The summed E-state index contributed by atoms with van der Waals surface area (Å²) in [5.74, 6) is -5.24. The van der Waals surface area contributed by atoms with E-state index >= 15 is 0 Å². The zero-order chi connectivity index (χ0) is 12.1. The Kier molecular flexibility index (Phi) is 2.63. The lowest BCUT2D eigenvalue weighted by Crippen LogP contribution is -2.58. The largest absolute Gasteiger partial charge is 0.453 e. The molecule has 0 aromatic carbocycles. The van der Waals surface area contributed by atoms with Gasteiger partial charge in [0.05, 0.1) is 0 Å². The van der Waals surface area contributed by atoms with Crippen molar-refractivity contribution in [3.8, 4) is 0 Å². The second-order valence-corrected chi connectivity index (χ2v) is 2.55. The SMILES string of the molecule is F[C@@H]1OC(C(F)(F)F)(C(F)(F)F)O[C@H]1F. The smallest absolute Gasteiger partial charge is 0.295 e. The summed E-state index contributed by atoms with van der Waals surface area (Å²) in [6.45, 7) is 0. The summed E-state index contributed by atoms with van der Waals surface area (Å²) in [7, 11) is 0. The average molecular weight is 246 g/mol. The van der Waals surface area contributed by atoms with Gasteiger partial charge in [-0.05, 0) is 0 Å². The Bertz CT molecular complexity index is 218. The van der Waals surface area contributed by atoms with Crippen molar-refractivity contribution in [1.29, 1.82) is 0 Å². The van der Waals surface area contributed by atoms with Crippen LogP contribution in [0.25, 0.3) is 0 Å². The molecule has 0 saturated carbocycles. The summed E-state index contributed by atoms with van der Waals surface area (Å²) < 4.78 is 102. The summed E-state index contributed by atoms with van der Waals surface area (Å²) in [5, 5.41) is 0. The fraction of sp³-hybridized carbons (Fsp3) is 1.00. The molecule has 1 aliphatic heterocycles. The van der Waals surface area contributed by atoms with Crippen molar-refractivity contribution < 1.29 is 44.6 Å². The molecule has 0 N–H and O–H groups in total. The fourth-order valence-electron chi connectivity index (χ4n) is 0.880. The van der Waals surface area contributed by atoms with Crippen LogP contribution in [0.1, 0.15) is 0 Å². The number of halogens is 8. The molecule has 10 heteroatoms. The van der Waals surface area contributed by atoms with E-state index in [1.807, 2.05) is 0 Å². The first kappa shape index (κ1) is 12.4. The van der Waals surface area contributed by atoms with E-state index in [2.05, 4.69) is 9.47 Å². The third-order valence-electron chi connectivity index (χ3n) is 1.51. The zero-order valence-corrected chi connectivity index (χ0v) is 6.49. The lowest BCUT2D eigenvalue weighted by Gasteiger charge is -2.30. The predicted molar refractivity (Wildman–Crippen MR) is 26.8 cm³/mol. The van der Waals surface area contributed by atoms with Crippen LogP contribution < -0.4 is 0 Å². The second-order valence-electron chi connectivity index (χ2n) is 2.55. The van der Waals surface area contributed by atoms with Crippen molar-refractivity contribution in [3.05, 3.63) is 0 Å². The first-order valence-corrected chi connectivity index (χ1v) is 3.28. The molecule has 0 unspecified atom stereocenters. The Morgan fingerprint density at radius 3 is 1.13 bits per heavy atom. The maximum atomic E-state index is 12.2. The van der Waals surface area contributed by atoms with E-state index in [9.17, 15) is 35.1 Å². The molecule has 1 rings (SSSR count). The van der Waals surface area contributed by atoms with Crippen LogP contribution in [0.15, 0.2) is 0 Å². The minimum atomic E-state index is -6.13. The fourth-order valence-corrected chi connectivity index (χ4v) is 0.880. The molecular weight excluding hydrogens is 244 g/mol. The van der Waals surface area contributed by atoms with Crippen molar-refractivity contribution in [2.45, 2.75) is 30.9 Å². The van der Waals surface area contributed by atoms with E-state index < -0.39 is 30.9 Å².